The van der Waals surface area contributed by atoms with Crippen LogP contribution in [0.2, 0.25) is 0 Å². The van der Waals surface area contributed by atoms with Crippen molar-refractivity contribution < 1.29 is 13.9 Å². The van der Waals surface area contributed by atoms with E-state index in [1.54, 1.807) is 6.07 Å². The van der Waals surface area contributed by atoms with Gasteiger partial charge in [0.2, 0.25) is 0 Å². The van der Waals surface area contributed by atoms with E-state index in [1.807, 2.05) is 0 Å². The molecule has 1 aliphatic heterocycles. The van der Waals surface area contributed by atoms with Crippen molar-refractivity contribution in [2.75, 3.05) is 6.61 Å². The summed E-state index contributed by atoms with van der Waals surface area (Å²) in [6.07, 6.45) is 4.54. The minimum Gasteiger partial charge on any atom is -0.378 e. The Kier molecular flexibility index (Phi) is 4.89. The van der Waals surface area contributed by atoms with Gasteiger partial charge in [0.15, 0.2) is 5.78 Å². The van der Waals surface area contributed by atoms with Crippen molar-refractivity contribution in [3.8, 4) is 0 Å². The van der Waals surface area contributed by atoms with Gasteiger partial charge in [0.05, 0.1) is 11.7 Å². The molecular weight excluding hydrogens is 299 g/mol. The first-order valence-electron chi connectivity index (χ1n) is 6.26. The molecule has 18 heavy (non-hydrogen) atoms. The molecule has 1 atom stereocenters. The van der Waals surface area contributed by atoms with Crippen LogP contribution in [0.4, 0.5) is 4.39 Å². The number of rotatable bonds is 5. The SMILES string of the molecule is O=C(CCCC1CCCO1)c1ccc(Br)cc1F. The topological polar surface area (TPSA) is 26.3 Å². The molecule has 0 amide bonds. The van der Waals surface area contributed by atoms with E-state index in [-0.39, 0.29) is 11.3 Å². The van der Waals surface area contributed by atoms with Crippen LogP contribution in [0.15, 0.2) is 22.7 Å². The zero-order valence-electron chi connectivity index (χ0n) is 10.1. The third-order valence-corrected chi connectivity index (χ3v) is 3.68. The molecule has 1 aliphatic rings. The quantitative estimate of drug-likeness (QED) is 0.764. The highest BCUT2D eigenvalue weighted by molar-refractivity contribution is 9.10. The average molecular weight is 315 g/mol. The molecule has 2 nitrogen and oxygen atoms in total. The fourth-order valence-corrected chi connectivity index (χ4v) is 2.55. The standard InChI is InChI=1S/C14H16BrFO2/c15-10-6-7-12(13(16)9-10)14(17)5-1-3-11-4-2-8-18-11/h6-7,9,11H,1-5,8H2. The third kappa shape index (κ3) is 3.62. The van der Waals surface area contributed by atoms with Gasteiger partial charge in [0.1, 0.15) is 5.82 Å². The molecule has 1 aromatic carbocycles. The van der Waals surface area contributed by atoms with Gasteiger partial charge < -0.3 is 4.74 Å². The van der Waals surface area contributed by atoms with Crippen molar-refractivity contribution in [1.82, 2.24) is 0 Å². The fourth-order valence-electron chi connectivity index (χ4n) is 2.21. The second-order valence-electron chi connectivity index (χ2n) is 4.57. The van der Waals surface area contributed by atoms with Crippen LogP contribution < -0.4 is 0 Å². The summed E-state index contributed by atoms with van der Waals surface area (Å²) in [6.45, 7) is 0.833. The zero-order chi connectivity index (χ0) is 13.0. The number of hydrogen-bond acceptors (Lipinski definition) is 2. The van der Waals surface area contributed by atoms with Crippen molar-refractivity contribution in [2.45, 2.75) is 38.2 Å². The number of hydrogen-bond donors (Lipinski definition) is 0. The minimum atomic E-state index is -0.452. The van der Waals surface area contributed by atoms with Gasteiger partial charge in [-0.3, -0.25) is 4.79 Å². The Labute approximate surface area is 115 Å². The lowest BCUT2D eigenvalue weighted by molar-refractivity contribution is 0.0920. The number of ether oxygens (including phenoxy) is 1. The number of halogens is 2. The number of carbonyl (C=O) groups is 1. The lowest BCUT2D eigenvalue weighted by Crippen LogP contribution is -2.07. The average Bonchev–Trinajstić information content (AvgIpc) is 2.81. The van der Waals surface area contributed by atoms with Crippen LogP contribution >= 0.6 is 15.9 Å². The first kappa shape index (κ1) is 13.7. The van der Waals surface area contributed by atoms with Gasteiger partial charge in [-0.25, -0.2) is 4.39 Å². The maximum Gasteiger partial charge on any atom is 0.165 e. The molecule has 0 radical (unpaired) electrons. The molecule has 0 aromatic heterocycles. The van der Waals surface area contributed by atoms with E-state index in [9.17, 15) is 9.18 Å². The molecule has 1 unspecified atom stereocenters. The molecule has 1 heterocycles. The van der Waals surface area contributed by atoms with E-state index in [4.69, 9.17) is 4.74 Å². The Balaban J connectivity index is 1.83. The normalized spacial score (nSPS) is 19.1. The molecule has 0 spiro atoms. The highest BCUT2D eigenvalue weighted by atomic mass is 79.9. The van der Waals surface area contributed by atoms with Crippen molar-refractivity contribution in [3.05, 3.63) is 34.1 Å². The van der Waals surface area contributed by atoms with E-state index < -0.39 is 5.82 Å². The molecule has 0 N–H and O–H groups in total. The lowest BCUT2D eigenvalue weighted by atomic mass is 10.0. The molecule has 0 bridgehead atoms. The van der Waals surface area contributed by atoms with Gasteiger partial charge in [0, 0.05) is 17.5 Å². The highest BCUT2D eigenvalue weighted by Crippen LogP contribution is 2.20. The van der Waals surface area contributed by atoms with E-state index in [2.05, 4.69) is 15.9 Å². The Morgan fingerprint density at radius 3 is 3.00 bits per heavy atom. The van der Waals surface area contributed by atoms with Crippen LogP contribution in [0, 0.1) is 5.82 Å². The molecule has 4 heteroatoms. The van der Waals surface area contributed by atoms with Gasteiger partial charge in [0.25, 0.3) is 0 Å². The Morgan fingerprint density at radius 2 is 2.33 bits per heavy atom. The zero-order valence-corrected chi connectivity index (χ0v) is 11.7. The van der Waals surface area contributed by atoms with Crippen LogP contribution in [0.1, 0.15) is 42.5 Å². The van der Waals surface area contributed by atoms with Crippen molar-refractivity contribution in [3.63, 3.8) is 0 Å². The van der Waals surface area contributed by atoms with Gasteiger partial charge in [-0.15, -0.1) is 0 Å². The van der Waals surface area contributed by atoms with Gasteiger partial charge >= 0.3 is 0 Å². The van der Waals surface area contributed by atoms with Crippen LogP contribution in [0.3, 0.4) is 0 Å². The van der Waals surface area contributed by atoms with E-state index in [1.165, 1.54) is 12.1 Å². The summed E-state index contributed by atoms with van der Waals surface area (Å²) < 4.78 is 19.7. The van der Waals surface area contributed by atoms with E-state index in [0.29, 0.717) is 17.0 Å². The Morgan fingerprint density at radius 1 is 1.50 bits per heavy atom. The maximum atomic E-state index is 13.6. The van der Waals surface area contributed by atoms with Crippen LogP contribution in [0.25, 0.3) is 0 Å². The summed E-state index contributed by atoms with van der Waals surface area (Å²) in [7, 11) is 0. The minimum absolute atomic E-state index is 0.127. The highest BCUT2D eigenvalue weighted by Gasteiger charge is 2.17. The molecule has 98 valence electrons. The van der Waals surface area contributed by atoms with Crippen molar-refractivity contribution in [1.29, 1.82) is 0 Å². The van der Waals surface area contributed by atoms with Crippen molar-refractivity contribution >= 4 is 21.7 Å². The first-order valence-corrected chi connectivity index (χ1v) is 7.06. The molecule has 1 fully saturated rings. The second-order valence-corrected chi connectivity index (χ2v) is 5.49. The van der Waals surface area contributed by atoms with Gasteiger partial charge in [-0.1, -0.05) is 15.9 Å². The Hall–Kier alpha value is -0.740. The predicted octanol–water partition coefficient (Wildman–Crippen LogP) is 4.12. The molecule has 0 aliphatic carbocycles. The number of carbonyl (C=O) groups excluding carboxylic acids is 1. The molecule has 2 rings (SSSR count). The maximum absolute atomic E-state index is 13.6. The summed E-state index contributed by atoms with van der Waals surface area (Å²) in [6, 6.07) is 4.55. The molecular formula is C14H16BrFO2. The number of benzene rings is 1. The summed E-state index contributed by atoms with van der Waals surface area (Å²) in [4.78, 5) is 11.9. The summed E-state index contributed by atoms with van der Waals surface area (Å²) in [5.74, 6) is -0.579. The fraction of sp³-hybridized carbons (Fsp3) is 0.500. The summed E-state index contributed by atoms with van der Waals surface area (Å²) >= 11 is 3.17. The van der Waals surface area contributed by atoms with Crippen LogP contribution in [-0.2, 0) is 4.74 Å². The van der Waals surface area contributed by atoms with Crippen LogP contribution in [-0.4, -0.2) is 18.5 Å². The first-order chi connectivity index (χ1) is 8.66. The molecule has 1 aromatic rings. The van der Waals surface area contributed by atoms with E-state index >= 15 is 0 Å². The smallest absolute Gasteiger partial charge is 0.165 e. The number of Topliss-reactive ketones (excluding diaryl/α,β-unsaturated/α-hetero) is 1. The summed E-state index contributed by atoms with van der Waals surface area (Å²) in [5, 5.41) is 0. The van der Waals surface area contributed by atoms with Crippen LogP contribution in [0.5, 0.6) is 0 Å². The van der Waals surface area contributed by atoms with E-state index in [0.717, 1.165) is 32.3 Å². The molecule has 1 saturated heterocycles. The summed E-state index contributed by atoms with van der Waals surface area (Å²) in [5.41, 5.74) is 0.186. The largest absolute Gasteiger partial charge is 0.378 e. The number of ketones is 1. The molecule has 0 saturated carbocycles. The second kappa shape index (κ2) is 6.43. The lowest BCUT2D eigenvalue weighted by Gasteiger charge is -2.08. The van der Waals surface area contributed by atoms with Gasteiger partial charge in [-0.05, 0) is 43.9 Å². The van der Waals surface area contributed by atoms with Crippen molar-refractivity contribution in [2.24, 2.45) is 0 Å². The third-order valence-electron chi connectivity index (χ3n) is 3.19. The van der Waals surface area contributed by atoms with Gasteiger partial charge in [-0.2, -0.15) is 0 Å². The predicted molar refractivity (Wildman–Crippen MR) is 71.3 cm³/mol. The Bertz CT molecular complexity index is 428. The monoisotopic (exact) mass is 314 g/mol.